The Morgan fingerprint density at radius 3 is 2.96 bits per heavy atom. The molecule has 3 rings (SSSR count). The van der Waals surface area contributed by atoms with Crippen molar-refractivity contribution >= 4 is 5.91 Å². The Kier molecular flexibility index (Phi) is 5.53. The summed E-state index contributed by atoms with van der Waals surface area (Å²) in [7, 11) is 1.86. The van der Waals surface area contributed by atoms with Crippen LogP contribution in [0, 0.1) is 5.41 Å². The van der Waals surface area contributed by atoms with Gasteiger partial charge in [0.2, 0.25) is 5.91 Å². The first-order chi connectivity index (χ1) is 11.7. The molecule has 0 bridgehead atoms. The maximum Gasteiger partial charge on any atom is 0.246 e. The number of hydrogen-bond acceptors (Lipinski definition) is 5. The summed E-state index contributed by atoms with van der Waals surface area (Å²) in [5, 5.41) is 7.22. The van der Waals surface area contributed by atoms with Gasteiger partial charge in [0, 0.05) is 44.5 Å². The fourth-order valence-corrected chi connectivity index (χ4v) is 3.83. The van der Waals surface area contributed by atoms with Crippen LogP contribution < -0.4 is 5.32 Å². The van der Waals surface area contributed by atoms with Gasteiger partial charge < -0.3 is 19.5 Å². The molecule has 1 amide bonds. The molecule has 2 atom stereocenters. The zero-order valence-electron chi connectivity index (χ0n) is 14.5. The van der Waals surface area contributed by atoms with Crippen LogP contribution in [0.15, 0.2) is 12.3 Å². The van der Waals surface area contributed by atoms with Gasteiger partial charge in [0.05, 0.1) is 18.4 Å². The van der Waals surface area contributed by atoms with Crippen molar-refractivity contribution in [3.63, 3.8) is 0 Å². The number of aromatic nitrogens is 2. The maximum atomic E-state index is 12.2. The van der Waals surface area contributed by atoms with Crippen LogP contribution in [0.2, 0.25) is 0 Å². The lowest BCUT2D eigenvalue weighted by atomic mass is 9.57. The molecule has 0 aromatic carbocycles. The molecule has 0 radical (unpaired) electrons. The highest BCUT2D eigenvalue weighted by atomic mass is 16.5. The van der Waals surface area contributed by atoms with E-state index in [0.29, 0.717) is 13.2 Å². The Morgan fingerprint density at radius 2 is 2.29 bits per heavy atom. The molecule has 1 saturated carbocycles. The summed E-state index contributed by atoms with van der Waals surface area (Å²) in [4.78, 5) is 12.2. The van der Waals surface area contributed by atoms with Gasteiger partial charge in [-0.3, -0.25) is 9.48 Å². The molecule has 0 unspecified atom stereocenters. The van der Waals surface area contributed by atoms with E-state index in [-0.39, 0.29) is 30.1 Å². The molecule has 1 N–H and O–H groups in total. The topological polar surface area (TPSA) is 74.6 Å². The zero-order chi connectivity index (χ0) is 17.0. The van der Waals surface area contributed by atoms with E-state index in [1.54, 1.807) is 10.9 Å². The minimum absolute atomic E-state index is 0.0337. The molecule has 1 aliphatic heterocycles. The van der Waals surface area contributed by atoms with Crippen molar-refractivity contribution in [3.8, 4) is 0 Å². The van der Waals surface area contributed by atoms with Crippen molar-refractivity contribution in [2.24, 2.45) is 12.5 Å². The second-order valence-corrected chi connectivity index (χ2v) is 6.58. The Morgan fingerprint density at radius 1 is 1.50 bits per heavy atom. The van der Waals surface area contributed by atoms with Crippen LogP contribution >= 0.6 is 0 Å². The first kappa shape index (κ1) is 17.4. The summed E-state index contributed by atoms with van der Waals surface area (Å²) in [5.41, 5.74) is 0.982. The van der Waals surface area contributed by atoms with Gasteiger partial charge in [-0.15, -0.1) is 0 Å². The first-order valence-corrected chi connectivity index (χ1v) is 8.69. The van der Waals surface area contributed by atoms with Crippen molar-refractivity contribution < 1.29 is 19.0 Å². The number of carbonyl (C=O) groups is 1. The molecule has 1 saturated heterocycles. The summed E-state index contributed by atoms with van der Waals surface area (Å²) in [6.45, 7) is 4.66. The van der Waals surface area contributed by atoms with Crippen LogP contribution in [0.1, 0.15) is 31.9 Å². The number of nitrogens with one attached hydrogen (secondary N) is 1. The summed E-state index contributed by atoms with van der Waals surface area (Å²) in [5.74, 6) is -0.0667. The molecule has 1 aromatic rings. The van der Waals surface area contributed by atoms with Crippen molar-refractivity contribution in [1.82, 2.24) is 15.1 Å². The molecule has 24 heavy (non-hydrogen) atoms. The van der Waals surface area contributed by atoms with Crippen molar-refractivity contribution in [3.05, 3.63) is 18.0 Å². The molecule has 2 fully saturated rings. The van der Waals surface area contributed by atoms with Gasteiger partial charge in [-0.1, -0.05) is 0 Å². The molecule has 2 aliphatic rings. The van der Waals surface area contributed by atoms with Gasteiger partial charge >= 0.3 is 0 Å². The lowest BCUT2D eigenvalue weighted by Crippen LogP contribution is -2.66. The van der Waals surface area contributed by atoms with Gasteiger partial charge in [0.1, 0.15) is 6.61 Å². The number of hydrogen-bond donors (Lipinski definition) is 1. The van der Waals surface area contributed by atoms with E-state index in [1.165, 1.54) is 0 Å². The van der Waals surface area contributed by atoms with Gasteiger partial charge in [0.15, 0.2) is 0 Å². The van der Waals surface area contributed by atoms with Crippen LogP contribution in [0.5, 0.6) is 0 Å². The summed E-state index contributed by atoms with van der Waals surface area (Å²) < 4.78 is 18.6. The zero-order valence-corrected chi connectivity index (χ0v) is 14.5. The summed E-state index contributed by atoms with van der Waals surface area (Å²) in [6.07, 6.45) is 4.71. The van der Waals surface area contributed by atoms with E-state index in [0.717, 1.165) is 38.2 Å². The number of amides is 1. The van der Waals surface area contributed by atoms with E-state index in [1.807, 2.05) is 20.0 Å². The lowest BCUT2D eigenvalue weighted by Gasteiger charge is -2.57. The SMILES string of the molecule is CCO[C@@H]1C[C@@H](NC(=O)COCc2ccnn2C)C12CCOCC2. The highest BCUT2D eigenvalue weighted by Gasteiger charge is 2.56. The van der Waals surface area contributed by atoms with E-state index >= 15 is 0 Å². The van der Waals surface area contributed by atoms with Gasteiger partial charge in [-0.25, -0.2) is 0 Å². The first-order valence-electron chi connectivity index (χ1n) is 8.69. The van der Waals surface area contributed by atoms with E-state index in [2.05, 4.69) is 10.4 Å². The largest absolute Gasteiger partial charge is 0.381 e. The van der Waals surface area contributed by atoms with E-state index in [4.69, 9.17) is 14.2 Å². The molecule has 1 aliphatic carbocycles. The molecule has 1 spiro atoms. The van der Waals surface area contributed by atoms with E-state index < -0.39 is 0 Å². The van der Waals surface area contributed by atoms with Crippen molar-refractivity contribution in [2.75, 3.05) is 26.4 Å². The average molecular weight is 337 g/mol. The standard InChI is InChI=1S/C17H27N3O4/c1-3-24-15-10-14(17(15)5-8-22-9-6-17)19-16(21)12-23-11-13-4-7-18-20(13)2/h4,7,14-15H,3,5-6,8-12H2,1-2H3,(H,19,21)/t14-,15-/m1/s1. The molecule has 7 nitrogen and oxygen atoms in total. The van der Waals surface area contributed by atoms with Crippen LogP contribution in [0.3, 0.4) is 0 Å². The minimum Gasteiger partial charge on any atom is -0.381 e. The fraction of sp³-hybridized carbons (Fsp3) is 0.765. The van der Waals surface area contributed by atoms with Crippen molar-refractivity contribution in [2.45, 2.75) is 44.9 Å². The average Bonchev–Trinajstić information content (AvgIpc) is 3.00. The highest BCUT2D eigenvalue weighted by molar-refractivity contribution is 5.77. The van der Waals surface area contributed by atoms with Gasteiger partial charge in [0.25, 0.3) is 0 Å². The van der Waals surface area contributed by atoms with Gasteiger partial charge in [-0.05, 0) is 32.3 Å². The molecule has 134 valence electrons. The van der Waals surface area contributed by atoms with E-state index in [9.17, 15) is 4.79 Å². The Bertz CT molecular complexity index is 554. The van der Waals surface area contributed by atoms with Crippen molar-refractivity contribution in [1.29, 1.82) is 0 Å². The highest BCUT2D eigenvalue weighted by Crippen LogP contribution is 2.50. The predicted octanol–water partition coefficient (Wildman–Crippen LogP) is 1.03. The third-order valence-corrected chi connectivity index (χ3v) is 5.32. The fourth-order valence-electron chi connectivity index (χ4n) is 3.83. The minimum atomic E-state index is -0.0667. The molecule has 2 heterocycles. The van der Waals surface area contributed by atoms with Crippen LogP contribution in [-0.2, 0) is 32.7 Å². The Hall–Kier alpha value is -1.44. The lowest BCUT2D eigenvalue weighted by molar-refractivity contribution is -0.176. The molecule has 1 aromatic heterocycles. The molecule has 7 heteroatoms. The van der Waals surface area contributed by atoms with Crippen LogP contribution in [0.25, 0.3) is 0 Å². The maximum absolute atomic E-state index is 12.2. The quantitative estimate of drug-likeness (QED) is 0.804. The molecular weight excluding hydrogens is 310 g/mol. The summed E-state index contributed by atoms with van der Waals surface area (Å²) >= 11 is 0. The third-order valence-electron chi connectivity index (χ3n) is 5.32. The third kappa shape index (κ3) is 3.48. The number of nitrogens with zero attached hydrogens (tertiary/aromatic N) is 2. The second-order valence-electron chi connectivity index (χ2n) is 6.58. The van der Waals surface area contributed by atoms with Crippen LogP contribution in [-0.4, -0.2) is 54.3 Å². The molecular formula is C17H27N3O4. The number of aryl methyl sites for hydroxylation is 1. The normalized spacial score (nSPS) is 25.4. The summed E-state index contributed by atoms with van der Waals surface area (Å²) in [6, 6.07) is 2.04. The number of carbonyl (C=O) groups excluding carboxylic acids is 1. The van der Waals surface area contributed by atoms with Crippen LogP contribution in [0.4, 0.5) is 0 Å². The number of ether oxygens (including phenoxy) is 3. The predicted molar refractivity (Wildman–Crippen MR) is 87.3 cm³/mol. The van der Waals surface area contributed by atoms with Gasteiger partial charge in [-0.2, -0.15) is 5.10 Å². The smallest absolute Gasteiger partial charge is 0.246 e. The second kappa shape index (κ2) is 7.63. The number of rotatable bonds is 7. The Labute approximate surface area is 142 Å². The Balaban J connectivity index is 1.47. The monoisotopic (exact) mass is 337 g/mol.